The number of hydrogen-bond donors (Lipinski definition) is 1. The van der Waals surface area contributed by atoms with Crippen molar-refractivity contribution in [2.45, 2.75) is 37.3 Å². The van der Waals surface area contributed by atoms with E-state index in [2.05, 4.69) is 0 Å². The first-order chi connectivity index (χ1) is 7.88. The maximum absolute atomic E-state index is 11.4. The molecule has 2 heterocycles. The van der Waals surface area contributed by atoms with Gasteiger partial charge in [0, 0.05) is 20.2 Å². The molecule has 6 nitrogen and oxygen atoms in total. The number of methoxy groups -OCH3 is 1. The summed E-state index contributed by atoms with van der Waals surface area (Å²) in [6.07, 6.45) is -0.414. The smallest absolute Gasteiger partial charge is 0.325 e. The van der Waals surface area contributed by atoms with E-state index in [1.807, 2.05) is 6.92 Å². The van der Waals surface area contributed by atoms with Gasteiger partial charge < -0.3 is 19.1 Å². The molecule has 0 spiro atoms. The van der Waals surface area contributed by atoms with Crippen molar-refractivity contribution in [3.8, 4) is 0 Å². The molecule has 2 unspecified atom stereocenters. The minimum atomic E-state index is -3.58. The van der Waals surface area contributed by atoms with Crippen LogP contribution in [-0.2, 0) is 23.3 Å². The number of fused-ring (bicyclic) bond motifs is 2. The van der Waals surface area contributed by atoms with Crippen molar-refractivity contribution in [3.63, 3.8) is 0 Å². The molecule has 1 N–H and O–H groups in total. The van der Waals surface area contributed by atoms with Crippen molar-refractivity contribution in [1.29, 1.82) is 0 Å². The summed E-state index contributed by atoms with van der Waals surface area (Å²) in [6.45, 7) is 3.94. The molecular weight excluding hydrogens is 247 g/mol. The van der Waals surface area contributed by atoms with Crippen molar-refractivity contribution < 1.29 is 28.2 Å². The van der Waals surface area contributed by atoms with Crippen LogP contribution in [0.4, 0.5) is 0 Å². The predicted octanol–water partition coefficient (Wildman–Crippen LogP) is 0.780. The molecule has 0 saturated carbocycles. The molecule has 0 aliphatic carbocycles. The molecule has 17 heavy (non-hydrogen) atoms. The lowest BCUT2D eigenvalue weighted by molar-refractivity contribution is -0.138. The summed E-state index contributed by atoms with van der Waals surface area (Å²) >= 11 is 0. The van der Waals surface area contributed by atoms with E-state index in [1.54, 1.807) is 7.11 Å². The number of ether oxygens (including phenoxy) is 3. The second-order valence-electron chi connectivity index (χ2n) is 4.74. The average molecular weight is 266 g/mol. The third-order valence-corrected chi connectivity index (χ3v) is 3.85. The van der Waals surface area contributed by atoms with E-state index in [9.17, 15) is 9.46 Å². The molecular formula is C10H19O6P. The van der Waals surface area contributed by atoms with E-state index in [1.165, 1.54) is 6.66 Å². The second-order valence-corrected chi connectivity index (χ2v) is 6.55. The van der Waals surface area contributed by atoms with Crippen molar-refractivity contribution in [2.75, 3.05) is 27.0 Å². The average Bonchev–Trinajstić information content (AvgIpc) is 2.35. The fourth-order valence-corrected chi connectivity index (χ4v) is 3.37. The highest BCUT2D eigenvalue weighted by Crippen LogP contribution is 2.49. The Hall–Kier alpha value is 0.0300. The van der Waals surface area contributed by atoms with Gasteiger partial charge in [0.15, 0.2) is 0 Å². The van der Waals surface area contributed by atoms with Gasteiger partial charge >= 0.3 is 7.60 Å². The van der Waals surface area contributed by atoms with Gasteiger partial charge in [-0.15, -0.1) is 0 Å². The molecule has 7 heteroatoms. The summed E-state index contributed by atoms with van der Waals surface area (Å²) in [4.78, 5) is 9.38. The minimum absolute atomic E-state index is 0.163. The van der Waals surface area contributed by atoms with Crippen molar-refractivity contribution in [1.82, 2.24) is 0 Å². The Bertz CT molecular complexity index is 325. The molecule has 2 fully saturated rings. The van der Waals surface area contributed by atoms with Gasteiger partial charge in [0.1, 0.15) is 17.8 Å². The molecule has 5 atom stereocenters. The molecule has 0 amide bonds. The highest BCUT2D eigenvalue weighted by atomic mass is 31.2. The Morgan fingerprint density at radius 2 is 2.29 bits per heavy atom. The largest absolute Gasteiger partial charge is 0.382 e. The second kappa shape index (κ2) is 4.61. The lowest BCUT2D eigenvalue weighted by Crippen LogP contribution is -2.52. The lowest BCUT2D eigenvalue weighted by Gasteiger charge is -2.38. The fraction of sp³-hybridized carbons (Fsp3) is 1.00. The van der Waals surface area contributed by atoms with Gasteiger partial charge in [0.2, 0.25) is 0 Å². The zero-order chi connectivity index (χ0) is 12.7. The van der Waals surface area contributed by atoms with Crippen LogP contribution in [0.2, 0.25) is 0 Å². The first-order valence-electron chi connectivity index (χ1n) is 5.65. The van der Waals surface area contributed by atoms with Crippen LogP contribution in [0.3, 0.4) is 0 Å². The zero-order valence-corrected chi connectivity index (χ0v) is 11.2. The van der Waals surface area contributed by atoms with Crippen molar-refractivity contribution in [2.24, 2.45) is 0 Å². The van der Waals surface area contributed by atoms with Crippen LogP contribution >= 0.6 is 7.60 Å². The third kappa shape index (κ3) is 2.57. The Morgan fingerprint density at radius 3 is 2.88 bits per heavy atom. The summed E-state index contributed by atoms with van der Waals surface area (Å²) in [5.74, 6) is 0. The third-order valence-electron chi connectivity index (χ3n) is 3.23. The molecule has 0 aromatic heterocycles. The number of hydrogen-bond acceptors (Lipinski definition) is 5. The Kier molecular flexibility index (Phi) is 3.65. The maximum atomic E-state index is 11.4. The summed E-state index contributed by atoms with van der Waals surface area (Å²) in [7, 11) is -2.00. The SMILES string of the molecule is COC[C@]12CCO[C@H](C1OP(C)(=O)O)[C@H](C)O2. The molecule has 2 aliphatic heterocycles. The van der Waals surface area contributed by atoms with Crippen LogP contribution < -0.4 is 0 Å². The monoisotopic (exact) mass is 266 g/mol. The van der Waals surface area contributed by atoms with Gasteiger partial charge in [-0.2, -0.15) is 0 Å². The van der Waals surface area contributed by atoms with Crippen LogP contribution in [-0.4, -0.2) is 55.8 Å². The van der Waals surface area contributed by atoms with E-state index in [-0.39, 0.29) is 12.2 Å². The van der Waals surface area contributed by atoms with Crippen molar-refractivity contribution in [3.05, 3.63) is 0 Å². The van der Waals surface area contributed by atoms with Gasteiger partial charge in [0.05, 0.1) is 19.3 Å². The van der Waals surface area contributed by atoms with Crippen LogP contribution in [0.25, 0.3) is 0 Å². The van der Waals surface area contributed by atoms with Crippen LogP contribution in [0, 0.1) is 0 Å². The van der Waals surface area contributed by atoms with E-state index in [0.29, 0.717) is 19.6 Å². The Balaban J connectivity index is 2.24. The molecule has 0 radical (unpaired) electrons. The molecule has 2 saturated heterocycles. The first-order valence-corrected chi connectivity index (χ1v) is 7.67. The summed E-state index contributed by atoms with van der Waals surface area (Å²) < 4.78 is 33.3. The van der Waals surface area contributed by atoms with Crippen LogP contribution in [0.1, 0.15) is 13.3 Å². The minimum Gasteiger partial charge on any atom is -0.382 e. The predicted molar refractivity (Wildman–Crippen MR) is 60.1 cm³/mol. The number of rotatable bonds is 4. The maximum Gasteiger partial charge on any atom is 0.325 e. The van der Waals surface area contributed by atoms with E-state index < -0.39 is 19.3 Å². The zero-order valence-electron chi connectivity index (χ0n) is 10.3. The molecule has 100 valence electrons. The standard InChI is InChI=1S/C10H19O6P/c1-7-8-9(16-17(3,11)12)10(15-7,6-13-2)4-5-14-8/h7-9H,4-6H2,1-3H3,(H,11,12)/t7-,8-,9?,10+/m0/s1. The van der Waals surface area contributed by atoms with Crippen molar-refractivity contribution >= 4 is 7.60 Å². The van der Waals surface area contributed by atoms with Gasteiger partial charge in [-0.1, -0.05) is 0 Å². The van der Waals surface area contributed by atoms with Gasteiger partial charge in [-0.3, -0.25) is 9.09 Å². The van der Waals surface area contributed by atoms with Crippen LogP contribution in [0.15, 0.2) is 0 Å². The highest BCUT2D eigenvalue weighted by molar-refractivity contribution is 7.51. The van der Waals surface area contributed by atoms with Gasteiger partial charge in [0.25, 0.3) is 0 Å². The van der Waals surface area contributed by atoms with Gasteiger partial charge in [-0.25, -0.2) is 0 Å². The highest BCUT2D eigenvalue weighted by Gasteiger charge is 2.59. The van der Waals surface area contributed by atoms with E-state index in [4.69, 9.17) is 18.7 Å². The molecule has 2 bridgehead atoms. The lowest BCUT2D eigenvalue weighted by atomic mass is 9.90. The molecule has 0 aromatic rings. The van der Waals surface area contributed by atoms with E-state index in [0.717, 1.165) is 0 Å². The topological polar surface area (TPSA) is 74.2 Å². The normalized spacial score (nSPS) is 44.6. The van der Waals surface area contributed by atoms with E-state index >= 15 is 0 Å². The Morgan fingerprint density at radius 1 is 1.59 bits per heavy atom. The molecule has 0 aromatic carbocycles. The fourth-order valence-electron chi connectivity index (χ4n) is 2.64. The first kappa shape index (κ1) is 13.5. The molecule has 2 rings (SSSR count). The summed E-state index contributed by atoms with van der Waals surface area (Å²) in [5, 5.41) is 0. The van der Waals surface area contributed by atoms with Crippen LogP contribution in [0.5, 0.6) is 0 Å². The molecule has 2 aliphatic rings. The summed E-state index contributed by atoms with van der Waals surface area (Å²) in [6, 6.07) is 0. The summed E-state index contributed by atoms with van der Waals surface area (Å²) in [5.41, 5.74) is -0.661. The van der Waals surface area contributed by atoms with Gasteiger partial charge in [-0.05, 0) is 6.92 Å². The Labute approximate surface area is 101 Å². The quantitative estimate of drug-likeness (QED) is 0.758.